The molecule has 0 heterocycles. The van der Waals surface area contributed by atoms with Gasteiger partial charge < -0.3 is 29.4 Å². The number of benzene rings is 1. The Kier molecular flexibility index (Phi) is 7.70. The molecule has 8 nitrogen and oxygen atoms in total. The molecule has 1 aromatic rings. The molecule has 1 amide bonds. The third kappa shape index (κ3) is 6.11. The van der Waals surface area contributed by atoms with Crippen LogP contribution >= 0.6 is 0 Å². The molecule has 0 saturated heterocycles. The summed E-state index contributed by atoms with van der Waals surface area (Å²) < 4.78 is 21.1. The summed E-state index contributed by atoms with van der Waals surface area (Å²) in [5.74, 6) is -0.740. The highest BCUT2D eigenvalue weighted by molar-refractivity contribution is 5.97. The second-order valence-electron chi connectivity index (χ2n) is 6.53. The van der Waals surface area contributed by atoms with Crippen molar-refractivity contribution in [3.05, 3.63) is 17.7 Å². The van der Waals surface area contributed by atoms with Crippen LogP contribution in [-0.2, 0) is 9.53 Å². The molecule has 8 heteroatoms. The molecule has 0 aromatic heterocycles. The number of carboxylic acids is 1. The van der Waals surface area contributed by atoms with E-state index < -0.39 is 17.9 Å². The number of carboxylic acid groups (broad SMARTS) is 1. The van der Waals surface area contributed by atoms with Crippen LogP contribution in [0.2, 0.25) is 0 Å². The zero-order valence-corrected chi connectivity index (χ0v) is 16.0. The minimum absolute atomic E-state index is 0.142. The van der Waals surface area contributed by atoms with Gasteiger partial charge in [-0.2, -0.15) is 0 Å². The molecular formula is C18H27NO7. The van der Waals surface area contributed by atoms with Gasteiger partial charge in [-0.15, -0.1) is 0 Å². The van der Waals surface area contributed by atoms with Crippen LogP contribution in [0.15, 0.2) is 12.1 Å². The third-order valence-electron chi connectivity index (χ3n) is 3.47. The molecule has 0 spiro atoms. The minimum Gasteiger partial charge on any atom is -0.493 e. The van der Waals surface area contributed by atoms with Crippen LogP contribution in [0.4, 0.5) is 0 Å². The summed E-state index contributed by atoms with van der Waals surface area (Å²) in [5, 5.41) is 11.8. The largest absolute Gasteiger partial charge is 0.493 e. The van der Waals surface area contributed by atoms with E-state index in [0.717, 1.165) is 0 Å². The molecule has 1 atom stereocenters. The first-order valence-electron chi connectivity index (χ1n) is 8.10. The van der Waals surface area contributed by atoms with E-state index in [1.807, 2.05) is 20.8 Å². The predicted molar refractivity (Wildman–Crippen MR) is 95.3 cm³/mol. The lowest BCUT2D eigenvalue weighted by Crippen LogP contribution is -2.42. The number of rotatable bonds is 9. The van der Waals surface area contributed by atoms with Crippen LogP contribution in [0.1, 0.15) is 37.6 Å². The summed E-state index contributed by atoms with van der Waals surface area (Å²) in [5.41, 5.74) is -0.188. The van der Waals surface area contributed by atoms with Gasteiger partial charge in [0.05, 0.1) is 26.9 Å². The fraction of sp³-hybridized carbons (Fsp3) is 0.556. The molecule has 0 aliphatic rings. The Labute approximate surface area is 153 Å². The van der Waals surface area contributed by atoms with Gasteiger partial charge in [0.15, 0.2) is 11.5 Å². The maximum atomic E-state index is 12.5. The van der Waals surface area contributed by atoms with Gasteiger partial charge in [0.1, 0.15) is 6.04 Å². The molecule has 26 heavy (non-hydrogen) atoms. The van der Waals surface area contributed by atoms with Gasteiger partial charge in [-0.25, -0.2) is 4.79 Å². The number of ether oxygens (including phenoxy) is 4. The van der Waals surface area contributed by atoms with Crippen molar-refractivity contribution in [3.63, 3.8) is 0 Å². The molecule has 2 N–H and O–H groups in total. The van der Waals surface area contributed by atoms with Gasteiger partial charge in [-0.05, 0) is 32.9 Å². The number of aliphatic carboxylic acids is 1. The smallest absolute Gasteiger partial charge is 0.326 e. The molecule has 1 aromatic carbocycles. The van der Waals surface area contributed by atoms with Crippen molar-refractivity contribution in [1.29, 1.82) is 0 Å². The van der Waals surface area contributed by atoms with Crippen LogP contribution in [0.25, 0.3) is 0 Å². The molecule has 0 fully saturated rings. The van der Waals surface area contributed by atoms with Crippen LogP contribution in [0, 0.1) is 0 Å². The van der Waals surface area contributed by atoms with Crippen LogP contribution < -0.4 is 19.5 Å². The average molecular weight is 369 g/mol. The fourth-order valence-electron chi connectivity index (χ4n) is 2.19. The quantitative estimate of drug-likeness (QED) is 0.687. The lowest BCUT2D eigenvalue weighted by Gasteiger charge is -2.21. The number of methoxy groups -OCH3 is 3. The summed E-state index contributed by atoms with van der Waals surface area (Å²) in [7, 11) is 4.32. The number of amides is 1. The predicted octanol–water partition coefficient (Wildman–Crippen LogP) is 2.10. The molecule has 1 unspecified atom stereocenters. The summed E-state index contributed by atoms with van der Waals surface area (Å²) >= 11 is 0. The van der Waals surface area contributed by atoms with Gasteiger partial charge >= 0.3 is 5.97 Å². The topological polar surface area (TPSA) is 103 Å². The first kappa shape index (κ1) is 21.6. The Balaban J connectivity index is 2.94. The second-order valence-corrected chi connectivity index (χ2v) is 6.53. The lowest BCUT2D eigenvalue weighted by molar-refractivity contribution is -0.140. The molecule has 146 valence electrons. The number of carbonyl (C=O) groups excluding carboxylic acids is 1. The van der Waals surface area contributed by atoms with Gasteiger partial charge in [-0.1, -0.05) is 0 Å². The maximum absolute atomic E-state index is 12.5. The van der Waals surface area contributed by atoms with E-state index in [4.69, 9.17) is 18.9 Å². The number of hydrogen-bond acceptors (Lipinski definition) is 6. The Hall–Kier alpha value is -2.48. The van der Waals surface area contributed by atoms with Crippen molar-refractivity contribution in [1.82, 2.24) is 5.32 Å². The fourth-order valence-corrected chi connectivity index (χ4v) is 2.19. The van der Waals surface area contributed by atoms with Crippen molar-refractivity contribution in [3.8, 4) is 17.2 Å². The zero-order chi connectivity index (χ0) is 19.9. The van der Waals surface area contributed by atoms with E-state index in [2.05, 4.69) is 5.32 Å². The summed E-state index contributed by atoms with van der Waals surface area (Å²) in [4.78, 5) is 23.9. The monoisotopic (exact) mass is 369 g/mol. The van der Waals surface area contributed by atoms with Gasteiger partial charge in [0.25, 0.3) is 5.91 Å². The van der Waals surface area contributed by atoms with Crippen molar-refractivity contribution in [2.24, 2.45) is 0 Å². The van der Waals surface area contributed by atoms with Crippen molar-refractivity contribution in [2.75, 3.05) is 27.9 Å². The standard InChI is InChI=1S/C18H27NO7/c1-18(2,3)26-8-7-12(17(21)22)19-16(20)11-9-13(23-4)15(25-6)14(10-11)24-5/h9-10,12H,7-8H2,1-6H3,(H,19,20)(H,21,22). The first-order chi connectivity index (χ1) is 12.1. The molecular weight excluding hydrogens is 342 g/mol. The Bertz CT molecular complexity index is 612. The van der Waals surface area contributed by atoms with Crippen LogP contribution in [-0.4, -0.2) is 56.6 Å². The third-order valence-corrected chi connectivity index (χ3v) is 3.47. The Morgan fingerprint density at radius 3 is 2.00 bits per heavy atom. The van der Waals surface area contributed by atoms with E-state index in [9.17, 15) is 14.7 Å². The summed E-state index contributed by atoms with van der Waals surface area (Å²) in [6.45, 7) is 5.82. The van der Waals surface area contributed by atoms with E-state index in [1.165, 1.54) is 33.5 Å². The second kappa shape index (κ2) is 9.28. The Morgan fingerprint density at radius 1 is 1.08 bits per heavy atom. The van der Waals surface area contributed by atoms with E-state index in [-0.39, 0.29) is 24.2 Å². The average Bonchev–Trinajstić information content (AvgIpc) is 2.57. The first-order valence-corrected chi connectivity index (χ1v) is 8.10. The zero-order valence-electron chi connectivity index (χ0n) is 16.0. The molecule has 1 rings (SSSR count). The molecule has 0 radical (unpaired) electrons. The van der Waals surface area contributed by atoms with E-state index in [0.29, 0.717) is 17.2 Å². The van der Waals surface area contributed by atoms with Crippen molar-refractivity contribution >= 4 is 11.9 Å². The lowest BCUT2D eigenvalue weighted by atomic mass is 10.1. The highest BCUT2D eigenvalue weighted by Gasteiger charge is 2.24. The minimum atomic E-state index is -1.14. The highest BCUT2D eigenvalue weighted by atomic mass is 16.5. The van der Waals surface area contributed by atoms with Crippen LogP contribution in [0.3, 0.4) is 0 Å². The normalized spacial score (nSPS) is 12.2. The van der Waals surface area contributed by atoms with E-state index >= 15 is 0 Å². The SMILES string of the molecule is COc1cc(C(=O)NC(CCOC(C)(C)C)C(=O)O)cc(OC)c1OC. The molecule has 0 aliphatic heterocycles. The van der Waals surface area contributed by atoms with Gasteiger partial charge in [-0.3, -0.25) is 4.79 Å². The molecule has 0 saturated carbocycles. The van der Waals surface area contributed by atoms with Gasteiger partial charge in [0.2, 0.25) is 5.75 Å². The van der Waals surface area contributed by atoms with Crippen molar-refractivity contribution in [2.45, 2.75) is 38.8 Å². The maximum Gasteiger partial charge on any atom is 0.326 e. The number of carbonyl (C=O) groups is 2. The summed E-state index contributed by atoms with van der Waals surface area (Å²) in [6, 6.07) is 1.84. The van der Waals surface area contributed by atoms with E-state index in [1.54, 1.807) is 0 Å². The van der Waals surface area contributed by atoms with Gasteiger partial charge in [0, 0.05) is 18.6 Å². The number of hydrogen-bond donors (Lipinski definition) is 2. The highest BCUT2D eigenvalue weighted by Crippen LogP contribution is 2.38. The van der Waals surface area contributed by atoms with Crippen molar-refractivity contribution < 1.29 is 33.6 Å². The molecule has 0 aliphatic carbocycles. The Morgan fingerprint density at radius 2 is 1.62 bits per heavy atom. The molecule has 0 bridgehead atoms. The summed E-state index contributed by atoms with van der Waals surface area (Å²) in [6.07, 6.45) is 0.142. The number of nitrogens with one attached hydrogen (secondary N) is 1. The van der Waals surface area contributed by atoms with Crippen LogP contribution in [0.5, 0.6) is 17.2 Å².